The molecule has 0 spiro atoms. The molecule has 11 heteroatoms. The Hall–Kier alpha value is -3.45. The number of anilines is 2. The number of nitrogens with zero attached hydrogens (tertiary/aromatic N) is 1. The van der Waals surface area contributed by atoms with Crippen molar-refractivity contribution in [1.29, 1.82) is 0 Å². The minimum Gasteiger partial charge on any atom is -0.465 e. The fraction of sp³-hybridized carbons (Fsp3) is 0.125. The van der Waals surface area contributed by atoms with E-state index in [4.69, 9.17) is 9.47 Å². The first kappa shape index (κ1) is 26.2. The van der Waals surface area contributed by atoms with Crippen molar-refractivity contribution in [3.8, 4) is 0 Å². The van der Waals surface area contributed by atoms with E-state index in [0.29, 0.717) is 0 Å². The zero-order chi connectivity index (χ0) is 25.6. The molecule has 0 unspecified atom stereocenters. The van der Waals surface area contributed by atoms with Crippen LogP contribution in [-0.2, 0) is 24.3 Å². The highest BCUT2D eigenvalue weighted by atomic mass is 127. The summed E-state index contributed by atoms with van der Waals surface area (Å²) in [6, 6.07) is 18.3. The zero-order valence-electron chi connectivity index (χ0n) is 18.7. The van der Waals surface area contributed by atoms with Crippen LogP contribution in [0.25, 0.3) is 0 Å². The van der Waals surface area contributed by atoms with Gasteiger partial charge in [-0.05, 0) is 77.2 Å². The van der Waals surface area contributed by atoms with Gasteiger partial charge in [-0.1, -0.05) is 18.2 Å². The van der Waals surface area contributed by atoms with Crippen molar-refractivity contribution >= 4 is 61.8 Å². The van der Waals surface area contributed by atoms with Crippen molar-refractivity contribution in [3.63, 3.8) is 0 Å². The first-order valence-electron chi connectivity index (χ1n) is 10.1. The first-order valence-corrected chi connectivity index (χ1v) is 12.6. The van der Waals surface area contributed by atoms with Crippen LogP contribution in [0.1, 0.15) is 20.7 Å². The third-order valence-electron chi connectivity index (χ3n) is 4.85. The predicted molar refractivity (Wildman–Crippen MR) is 138 cm³/mol. The normalized spacial score (nSPS) is 10.8. The molecule has 3 aromatic carbocycles. The molecule has 3 rings (SSSR count). The Bertz CT molecular complexity index is 1340. The van der Waals surface area contributed by atoms with Crippen LogP contribution in [0.15, 0.2) is 77.7 Å². The van der Waals surface area contributed by atoms with E-state index in [-0.39, 0.29) is 27.4 Å². The summed E-state index contributed by atoms with van der Waals surface area (Å²) in [7, 11) is -1.74. The number of benzene rings is 3. The number of ether oxygens (including phenoxy) is 2. The lowest BCUT2D eigenvalue weighted by atomic mass is 10.1. The topological polar surface area (TPSA) is 119 Å². The van der Waals surface area contributed by atoms with Gasteiger partial charge in [-0.3, -0.25) is 9.10 Å². The maximum absolute atomic E-state index is 13.4. The number of esters is 2. The second-order valence-electron chi connectivity index (χ2n) is 7.09. The van der Waals surface area contributed by atoms with Crippen LogP contribution in [-0.4, -0.2) is 47.0 Å². The number of methoxy groups -OCH3 is 2. The van der Waals surface area contributed by atoms with Crippen molar-refractivity contribution < 1.29 is 32.3 Å². The molecule has 0 aliphatic heterocycles. The molecule has 0 aromatic heterocycles. The van der Waals surface area contributed by atoms with E-state index in [1.54, 1.807) is 42.5 Å². The Balaban J connectivity index is 1.99. The molecule has 0 bridgehead atoms. The number of halogens is 1. The predicted octanol–water partition coefficient (Wildman–Crippen LogP) is 3.70. The summed E-state index contributed by atoms with van der Waals surface area (Å²) in [5, 5.41) is 2.53. The molecular formula is C24H21IN2O7S. The van der Waals surface area contributed by atoms with E-state index >= 15 is 0 Å². The van der Waals surface area contributed by atoms with Crippen molar-refractivity contribution in [2.45, 2.75) is 4.90 Å². The summed E-state index contributed by atoms with van der Waals surface area (Å²) < 4.78 is 38.1. The number of amides is 1. The molecule has 9 nitrogen and oxygen atoms in total. The van der Waals surface area contributed by atoms with Gasteiger partial charge in [0.1, 0.15) is 6.54 Å². The molecule has 3 aromatic rings. The smallest absolute Gasteiger partial charge is 0.339 e. The number of carbonyl (C=O) groups is 3. The molecule has 0 aliphatic rings. The van der Waals surface area contributed by atoms with Crippen LogP contribution in [0, 0.1) is 3.57 Å². The molecular weight excluding hydrogens is 587 g/mol. The van der Waals surface area contributed by atoms with E-state index in [9.17, 15) is 22.8 Å². The molecule has 0 heterocycles. The molecule has 0 saturated carbocycles. The second kappa shape index (κ2) is 11.3. The van der Waals surface area contributed by atoms with Gasteiger partial charge in [0, 0.05) is 3.57 Å². The van der Waals surface area contributed by atoms with Crippen LogP contribution in [0.3, 0.4) is 0 Å². The Morgan fingerprint density at radius 1 is 0.886 bits per heavy atom. The molecule has 182 valence electrons. The van der Waals surface area contributed by atoms with Crippen LogP contribution in [0.2, 0.25) is 0 Å². The van der Waals surface area contributed by atoms with Crippen LogP contribution < -0.4 is 9.62 Å². The Morgan fingerprint density at radius 3 is 2.11 bits per heavy atom. The van der Waals surface area contributed by atoms with Crippen molar-refractivity contribution in [1.82, 2.24) is 0 Å². The lowest BCUT2D eigenvalue weighted by molar-refractivity contribution is -0.114. The fourth-order valence-electron chi connectivity index (χ4n) is 3.14. The molecule has 0 aliphatic carbocycles. The maximum Gasteiger partial charge on any atom is 0.339 e. The standard InChI is InChI=1S/C24H21IN2O7S/c1-33-23(29)16-8-13-20(24(30)34-2)21(14-16)26-22(28)15-27(18-11-9-17(25)10-12-18)35(31,32)19-6-4-3-5-7-19/h3-14H,15H2,1-2H3,(H,26,28). The van der Waals surface area contributed by atoms with Gasteiger partial charge in [-0.25, -0.2) is 18.0 Å². The Morgan fingerprint density at radius 2 is 1.51 bits per heavy atom. The molecule has 35 heavy (non-hydrogen) atoms. The first-order chi connectivity index (χ1) is 16.7. The van der Waals surface area contributed by atoms with Crippen molar-refractivity contribution in [2.75, 3.05) is 30.4 Å². The Kier molecular flexibility index (Phi) is 8.46. The number of carbonyl (C=O) groups excluding carboxylic acids is 3. The third kappa shape index (κ3) is 6.17. The van der Waals surface area contributed by atoms with Gasteiger partial charge < -0.3 is 14.8 Å². The van der Waals surface area contributed by atoms with Crippen molar-refractivity contribution in [3.05, 3.63) is 87.5 Å². The molecule has 1 amide bonds. The number of rotatable bonds is 8. The average Bonchev–Trinajstić information content (AvgIpc) is 2.87. The van der Waals surface area contributed by atoms with Gasteiger partial charge in [0.15, 0.2) is 0 Å². The van der Waals surface area contributed by atoms with Gasteiger partial charge in [0.25, 0.3) is 10.0 Å². The minimum absolute atomic E-state index is 0.00860. The van der Waals surface area contributed by atoms with Crippen molar-refractivity contribution in [2.24, 2.45) is 0 Å². The summed E-state index contributed by atoms with van der Waals surface area (Å²) in [4.78, 5) is 37.2. The van der Waals surface area contributed by atoms with E-state index in [1.165, 1.54) is 44.6 Å². The number of sulfonamides is 1. The zero-order valence-corrected chi connectivity index (χ0v) is 21.7. The summed E-state index contributed by atoms with van der Waals surface area (Å²) in [5.41, 5.74) is 0.326. The number of hydrogen-bond acceptors (Lipinski definition) is 7. The summed E-state index contributed by atoms with van der Waals surface area (Å²) in [6.07, 6.45) is 0. The van der Waals surface area contributed by atoms with E-state index in [0.717, 1.165) is 7.88 Å². The monoisotopic (exact) mass is 608 g/mol. The SMILES string of the molecule is COC(=O)c1ccc(C(=O)OC)c(NC(=O)CN(c2ccc(I)cc2)S(=O)(=O)c2ccccc2)c1. The highest BCUT2D eigenvalue weighted by molar-refractivity contribution is 14.1. The quantitative estimate of drug-likeness (QED) is 0.306. The average molecular weight is 608 g/mol. The summed E-state index contributed by atoms with van der Waals surface area (Å²) >= 11 is 2.09. The molecule has 0 fully saturated rings. The third-order valence-corrected chi connectivity index (χ3v) is 7.36. The van der Waals surface area contributed by atoms with E-state index < -0.39 is 34.4 Å². The summed E-state index contributed by atoms with van der Waals surface area (Å²) in [5.74, 6) is -2.16. The van der Waals surface area contributed by atoms with Gasteiger partial charge in [0.2, 0.25) is 5.91 Å². The number of nitrogens with one attached hydrogen (secondary N) is 1. The van der Waals surface area contributed by atoms with E-state index in [1.807, 2.05) is 0 Å². The lowest BCUT2D eigenvalue weighted by Gasteiger charge is -2.24. The molecule has 0 radical (unpaired) electrons. The highest BCUT2D eigenvalue weighted by Crippen LogP contribution is 2.25. The maximum atomic E-state index is 13.4. The van der Waals surface area contributed by atoms with Crippen LogP contribution in [0.4, 0.5) is 11.4 Å². The molecule has 0 saturated heterocycles. The van der Waals surface area contributed by atoms with Gasteiger partial charge in [-0.2, -0.15) is 0 Å². The number of hydrogen-bond donors (Lipinski definition) is 1. The van der Waals surface area contributed by atoms with Gasteiger partial charge in [0.05, 0.1) is 41.6 Å². The summed E-state index contributed by atoms with van der Waals surface area (Å²) in [6.45, 7) is -0.596. The largest absolute Gasteiger partial charge is 0.465 e. The van der Waals surface area contributed by atoms with Gasteiger partial charge in [-0.15, -0.1) is 0 Å². The highest BCUT2D eigenvalue weighted by Gasteiger charge is 2.28. The fourth-order valence-corrected chi connectivity index (χ4v) is 4.94. The van der Waals surface area contributed by atoms with E-state index in [2.05, 4.69) is 27.9 Å². The van der Waals surface area contributed by atoms with Crippen LogP contribution >= 0.6 is 22.6 Å². The van der Waals surface area contributed by atoms with Crippen LogP contribution in [0.5, 0.6) is 0 Å². The molecule has 0 atom stereocenters. The minimum atomic E-state index is -4.11. The lowest BCUT2D eigenvalue weighted by Crippen LogP contribution is -2.38. The Labute approximate surface area is 216 Å². The van der Waals surface area contributed by atoms with Gasteiger partial charge >= 0.3 is 11.9 Å². The molecule has 1 N–H and O–H groups in total. The second-order valence-corrected chi connectivity index (χ2v) is 10.2.